The van der Waals surface area contributed by atoms with Crippen molar-refractivity contribution in [1.82, 2.24) is 4.90 Å². The quantitative estimate of drug-likeness (QED) is 0.0896. The van der Waals surface area contributed by atoms with E-state index in [2.05, 4.69) is 12.6 Å². The van der Waals surface area contributed by atoms with E-state index >= 15 is 0 Å². The van der Waals surface area contributed by atoms with Crippen molar-refractivity contribution in [3.8, 4) is 5.75 Å². The van der Waals surface area contributed by atoms with Gasteiger partial charge in [-0.25, -0.2) is 0 Å². The van der Waals surface area contributed by atoms with Crippen molar-refractivity contribution in [2.24, 2.45) is 0 Å². The highest BCUT2D eigenvalue weighted by Gasteiger charge is 2.34. The van der Waals surface area contributed by atoms with E-state index in [0.717, 1.165) is 5.56 Å². The van der Waals surface area contributed by atoms with Crippen LogP contribution in [0.15, 0.2) is 24.3 Å². The number of nitrogens with zero attached hydrogens (tertiary/aromatic N) is 1. The smallest absolute Gasteiger partial charge is 0.119 e. The zero-order valence-electron chi connectivity index (χ0n) is 18.7. The van der Waals surface area contributed by atoms with Gasteiger partial charge >= 0.3 is 0 Å². The first-order valence-corrected chi connectivity index (χ1v) is 11.4. The minimum Gasteiger partial charge on any atom is -0.492 e. The molecule has 1 aromatic carbocycles. The van der Waals surface area contributed by atoms with Crippen LogP contribution < -0.4 is 4.74 Å². The van der Waals surface area contributed by atoms with Crippen LogP contribution in [0.4, 0.5) is 0 Å². The Hall–Kier alpha value is -1.07. The molecule has 0 saturated carbocycles. The predicted octanol–water partition coefficient (Wildman–Crippen LogP) is -4.33. The molecule has 0 bridgehead atoms. The lowest BCUT2D eigenvalue weighted by molar-refractivity contribution is -0.130. The maximum atomic E-state index is 10.3. The molecule has 0 aromatic heterocycles. The first-order valence-electron chi connectivity index (χ1n) is 10.8. The van der Waals surface area contributed by atoms with Crippen molar-refractivity contribution in [3.63, 3.8) is 0 Å². The van der Waals surface area contributed by atoms with Gasteiger partial charge in [0.05, 0.1) is 25.4 Å². The summed E-state index contributed by atoms with van der Waals surface area (Å²) in [6.45, 7) is -2.30. The zero-order chi connectivity index (χ0) is 25.8. The molecule has 34 heavy (non-hydrogen) atoms. The molecule has 0 aliphatic heterocycles. The number of ether oxygens (including phenoxy) is 1. The number of rotatable bonds is 17. The summed E-state index contributed by atoms with van der Waals surface area (Å²) >= 11 is 4.17. The van der Waals surface area contributed by atoms with E-state index in [1.54, 1.807) is 12.1 Å². The molecule has 0 aliphatic carbocycles. The molecule has 0 spiro atoms. The summed E-state index contributed by atoms with van der Waals surface area (Å²) in [6, 6.07) is 7.10. The third-order valence-corrected chi connectivity index (χ3v) is 5.69. The highest BCUT2D eigenvalue weighted by molar-refractivity contribution is 7.79. The lowest BCUT2D eigenvalue weighted by Crippen LogP contribution is -2.53. The summed E-state index contributed by atoms with van der Waals surface area (Å²) in [6.07, 6.45) is -14.0. The number of aliphatic hydroxyl groups is 10. The Labute approximate surface area is 203 Å². The Morgan fingerprint density at radius 1 is 0.676 bits per heavy atom. The molecule has 0 amide bonds. The number of hydrogen-bond acceptors (Lipinski definition) is 13. The minimum absolute atomic E-state index is 0.0511. The second-order valence-electron chi connectivity index (χ2n) is 8.01. The van der Waals surface area contributed by atoms with E-state index in [-0.39, 0.29) is 26.2 Å². The van der Waals surface area contributed by atoms with Crippen LogP contribution in [0.3, 0.4) is 0 Å². The fraction of sp³-hybridized carbons (Fsp3) is 0.714. The van der Waals surface area contributed by atoms with Gasteiger partial charge in [-0.15, -0.1) is 0 Å². The molecule has 0 radical (unpaired) electrons. The summed E-state index contributed by atoms with van der Waals surface area (Å²) in [5.41, 5.74) is 0.985. The first-order chi connectivity index (χ1) is 16.0. The van der Waals surface area contributed by atoms with Crippen molar-refractivity contribution >= 4 is 12.6 Å². The third-order valence-electron chi connectivity index (χ3n) is 5.32. The third kappa shape index (κ3) is 9.89. The van der Waals surface area contributed by atoms with Crippen LogP contribution in [0.25, 0.3) is 0 Å². The normalized spacial score (nSPS) is 19.2. The number of aliphatic hydroxyl groups excluding tert-OH is 10. The molecule has 0 fully saturated rings. The van der Waals surface area contributed by atoms with Gasteiger partial charge in [0.1, 0.15) is 49.0 Å². The maximum Gasteiger partial charge on any atom is 0.119 e. The molecule has 0 aliphatic rings. The van der Waals surface area contributed by atoms with Crippen LogP contribution in [0.5, 0.6) is 5.75 Å². The largest absolute Gasteiger partial charge is 0.492 e. The molecule has 13 heteroatoms. The van der Waals surface area contributed by atoms with Gasteiger partial charge in [0.2, 0.25) is 0 Å². The fourth-order valence-corrected chi connectivity index (χ4v) is 3.32. The molecule has 0 saturated heterocycles. The van der Waals surface area contributed by atoms with Gasteiger partial charge < -0.3 is 55.8 Å². The first kappa shape index (κ1) is 31.0. The van der Waals surface area contributed by atoms with Gasteiger partial charge in [0, 0.05) is 25.4 Å². The Morgan fingerprint density at radius 2 is 1.09 bits per heavy atom. The molecule has 0 unspecified atom stereocenters. The Balaban J connectivity index is 2.83. The SMILES string of the molecule is OC[C@@H](O)[C@@H](O)[C@H](O)[C@H](O)CN(CCOc1ccc(CS)cc1)C[C@@H](O)[C@@H](O)[C@H](O)[C@H](O)CO. The molecule has 8 atom stereocenters. The van der Waals surface area contributed by atoms with E-state index in [4.69, 9.17) is 14.9 Å². The van der Waals surface area contributed by atoms with Crippen LogP contribution in [0.1, 0.15) is 5.56 Å². The van der Waals surface area contributed by atoms with Crippen LogP contribution in [-0.2, 0) is 5.75 Å². The lowest BCUT2D eigenvalue weighted by atomic mass is 10.0. The summed E-state index contributed by atoms with van der Waals surface area (Å²) in [5, 5.41) is 97.2. The van der Waals surface area contributed by atoms with Crippen molar-refractivity contribution in [2.45, 2.75) is 54.6 Å². The van der Waals surface area contributed by atoms with Gasteiger partial charge in [-0.3, -0.25) is 4.90 Å². The molecule has 1 rings (SSSR count). The molecular weight excluding hydrogens is 474 g/mol. The molecule has 12 nitrogen and oxygen atoms in total. The molecule has 10 N–H and O–H groups in total. The highest BCUT2D eigenvalue weighted by atomic mass is 32.1. The number of benzene rings is 1. The monoisotopic (exact) mass is 511 g/mol. The van der Waals surface area contributed by atoms with Crippen molar-refractivity contribution < 1.29 is 55.8 Å². The number of hydrogen-bond donors (Lipinski definition) is 11. The minimum atomic E-state index is -1.85. The average molecular weight is 512 g/mol. The van der Waals surface area contributed by atoms with Crippen LogP contribution in [-0.4, -0.2) is 144 Å². The highest BCUT2D eigenvalue weighted by Crippen LogP contribution is 2.14. The Morgan fingerprint density at radius 3 is 1.47 bits per heavy atom. The summed E-state index contributed by atoms with van der Waals surface area (Å²) in [5.74, 6) is 1.09. The second kappa shape index (κ2) is 15.8. The summed E-state index contributed by atoms with van der Waals surface area (Å²) in [7, 11) is 0. The maximum absolute atomic E-state index is 10.3. The summed E-state index contributed by atoms with van der Waals surface area (Å²) in [4.78, 5) is 1.36. The van der Waals surface area contributed by atoms with Crippen molar-refractivity contribution in [3.05, 3.63) is 29.8 Å². The van der Waals surface area contributed by atoms with Crippen LogP contribution in [0.2, 0.25) is 0 Å². The van der Waals surface area contributed by atoms with Gasteiger partial charge in [0.15, 0.2) is 0 Å². The predicted molar refractivity (Wildman–Crippen MR) is 123 cm³/mol. The van der Waals surface area contributed by atoms with E-state index in [1.807, 2.05) is 12.1 Å². The van der Waals surface area contributed by atoms with Crippen molar-refractivity contribution in [2.75, 3.05) is 39.5 Å². The fourth-order valence-electron chi connectivity index (χ4n) is 3.11. The molecular formula is C21H37NO11S. The van der Waals surface area contributed by atoms with Crippen LogP contribution in [0, 0.1) is 0 Å². The molecule has 1 aromatic rings. The summed E-state index contributed by atoms with van der Waals surface area (Å²) < 4.78 is 5.63. The van der Waals surface area contributed by atoms with Gasteiger partial charge in [0.25, 0.3) is 0 Å². The average Bonchev–Trinajstić information content (AvgIpc) is 2.85. The molecule has 0 heterocycles. The molecule has 198 valence electrons. The van der Waals surface area contributed by atoms with E-state index in [9.17, 15) is 40.9 Å². The second-order valence-corrected chi connectivity index (χ2v) is 8.32. The standard InChI is InChI=1S/C21H37NO11S/c23-9-16(27)20(31)18(29)14(25)7-22(8-15(26)19(30)21(32)17(28)10-24)5-6-33-13-3-1-12(11-34)2-4-13/h1-4,14-21,23-32,34H,5-11H2/t14-,15-,16-,17-,18-,19-,20-,21-/m1/s1. The van der Waals surface area contributed by atoms with Crippen LogP contribution >= 0.6 is 12.6 Å². The topological polar surface area (TPSA) is 215 Å². The number of thiol groups is 1. The van der Waals surface area contributed by atoms with E-state index < -0.39 is 62.0 Å². The zero-order valence-corrected chi connectivity index (χ0v) is 19.5. The van der Waals surface area contributed by atoms with Gasteiger partial charge in [-0.2, -0.15) is 12.6 Å². The van der Waals surface area contributed by atoms with Crippen molar-refractivity contribution in [1.29, 1.82) is 0 Å². The Bertz CT molecular complexity index is 641. The Kier molecular flexibility index (Phi) is 14.4. The van der Waals surface area contributed by atoms with E-state index in [0.29, 0.717) is 11.5 Å². The van der Waals surface area contributed by atoms with E-state index in [1.165, 1.54) is 4.90 Å². The lowest BCUT2D eigenvalue weighted by Gasteiger charge is -2.33. The van der Waals surface area contributed by atoms with Gasteiger partial charge in [-0.1, -0.05) is 12.1 Å². The van der Waals surface area contributed by atoms with Gasteiger partial charge in [-0.05, 0) is 17.7 Å².